The van der Waals surface area contributed by atoms with Crippen LogP contribution in [0, 0.1) is 6.92 Å². The predicted molar refractivity (Wildman–Crippen MR) is 73.5 cm³/mol. The maximum absolute atomic E-state index is 9.71. The Morgan fingerprint density at radius 2 is 2.00 bits per heavy atom. The highest BCUT2D eigenvalue weighted by Crippen LogP contribution is 2.25. The normalized spacial score (nSPS) is 12.0. The van der Waals surface area contributed by atoms with Crippen LogP contribution in [-0.4, -0.2) is 21.4 Å². The molecule has 2 rings (SSSR count). The number of aromatic nitrogens is 1. The van der Waals surface area contributed by atoms with E-state index in [0.717, 1.165) is 10.5 Å². The molecule has 0 amide bonds. The van der Waals surface area contributed by atoms with Crippen LogP contribution in [-0.2, 0) is 0 Å². The first kappa shape index (κ1) is 12.4. The zero-order valence-corrected chi connectivity index (χ0v) is 11.2. The van der Waals surface area contributed by atoms with E-state index >= 15 is 0 Å². The van der Waals surface area contributed by atoms with Crippen LogP contribution in [0.3, 0.4) is 0 Å². The largest absolute Gasteiger partial charge is 0.390 e. The second-order valence-corrected chi connectivity index (χ2v) is 5.89. The Hall–Kier alpha value is -1.06. The van der Waals surface area contributed by atoms with Gasteiger partial charge in [0.15, 0.2) is 0 Å². The molecular weight excluding hydrogens is 230 g/mol. The van der Waals surface area contributed by atoms with E-state index in [-0.39, 0.29) is 0 Å². The smallest absolute Gasteiger partial charge is 0.0971 e. The highest BCUT2D eigenvalue weighted by atomic mass is 32.2. The fourth-order valence-corrected chi connectivity index (χ4v) is 2.57. The van der Waals surface area contributed by atoms with Crippen molar-refractivity contribution in [3.63, 3.8) is 0 Å². The summed E-state index contributed by atoms with van der Waals surface area (Å²) in [6, 6.07) is 10.2. The standard InChI is InChI=1S/C14H17NOS/c1-10-8-13(17-9-14(2,3)16)15-12-7-5-4-6-11(10)12/h4-8,16H,9H2,1-3H3. The monoisotopic (exact) mass is 247 g/mol. The Morgan fingerprint density at radius 3 is 2.71 bits per heavy atom. The van der Waals surface area contributed by atoms with Crippen molar-refractivity contribution < 1.29 is 5.11 Å². The molecule has 2 aromatic rings. The molecule has 0 aliphatic rings. The quantitative estimate of drug-likeness (QED) is 0.844. The van der Waals surface area contributed by atoms with Crippen molar-refractivity contribution in [3.8, 4) is 0 Å². The molecule has 0 fully saturated rings. The van der Waals surface area contributed by atoms with E-state index in [9.17, 15) is 5.11 Å². The van der Waals surface area contributed by atoms with Crippen LogP contribution in [0.1, 0.15) is 19.4 Å². The molecule has 0 atom stereocenters. The number of rotatable bonds is 3. The van der Waals surface area contributed by atoms with Gasteiger partial charge in [-0.25, -0.2) is 4.98 Å². The third kappa shape index (κ3) is 3.20. The molecule has 0 aliphatic carbocycles. The number of fused-ring (bicyclic) bond motifs is 1. The van der Waals surface area contributed by atoms with Gasteiger partial charge in [-0.05, 0) is 38.5 Å². The van der Waals surface area contributed by atoms with Crippen LogP contribution in [0.15, 0.2) is 35.4 Å². The molecule has 0 bridgehead atoms. The zero-order valence-electron chi connectivity index (χ0n) is 10.4. The number of thioether (sulfide) groups is 1. The molecule has 90 valence electrons. The molecule has 0 unspecified atom stereocenters. The Labute approximate surface area is 106 Å². The molecule has 1 N–H and O–H groups in total. The van der Waals surface area contributed by atoms with E-state index in [2.05, 4.69) is 24.0 Å². The van der Waals surface area contributed by atoms with Gasteiger partial charge in [0, 0.05) is 11.1 Å². The number of para-hydroxylation sites is 1. The lowest BCUT2D eigenvalue weighted by atomic mass is 10.1. The lowest BCUT2D eigenvalue weighted by Crippen LogP contribution is -2.21. The van der Waals surface area contributed by atoms with Crippen molar-refractivity contribution in [2.45, 2.75) is 31.4 Å². The molecule has 1 heterocycles. The average Bonchev–Trinajstić information content (AvgIpc) is 2.26. The summed E-state index contributed by atoms with van der Waals surface area (Å²) in [7, 11) is 0. The second kappa shape index (κ2) is 4.67. The minimum Gasteiger partial charge on any atom is -0.390 e. The summed E-state index contributed by atoms with van der Waals surface area (Å²) in [6.45, 7) is 5.72. The summed E-state index contributed by atoms with van der Waals surface area (Å²) < 4.78 is 0. The van der Waals surface area contributed by atoms with Crippen molar-refractivity contribution in [1.82, 2.24) is 4.98 Å². The maximum Gasteiger partial charge on any atom is 0.0971 e. The van der Waals surface area contributed by atoms with Crippen molar-refractivity contribution in [1.29, 1.82) is 0 Å². The van der Waals surface area contributed by atoms with Gasteiger partial charge in [-0.3, -0.25) is 0 Å². The topological polar surface area (TPSA) is 33.1 Å². The molecule has 3 heteroatoms. The van der Waals surface area contributed by atoms with Crippen LogP contribution < -0.4 is 0 Å². The first-order chi connectivity index (χ1) is 7.96. The fourth-order valence-electron chi connectivity index (χ4n) is 1.64. The summed E-state index contributed by atoms with van der Waals surface area (Å²) in [5, 5.41) is 11.9. The summed E-state index contributed by atoms with van der Waals surface area (Å²) >= 11 is 1.60. The van der Waals surface area contributed by atoms with Crippen LogP contribution in [0.5, 0.6) is 0 Å². The van der Waals surface area contributed by atoms with Gasteiger partial charge in [-0.15, -0.1) is 11.8 Å². The van der Waals surface area contributed by atoms with E-state index in [1.807, 2.05) is 32.0 Å². The van der Waals surface area contributed by atoms with Gasteiger partial charge in [0.1, 0.15) is 0 Å². The van der Waals surface area contributed by atoms with Crippen molar-refractivity contribution >= 4 is 22.7 Å². The zero-order chi connectivity index (χ0) is 12.5. The molecule has 2 nitrogen and oxygen atoms in total. The number of nitrogens with zero attached hydrogens (tertiary/aromatic N) is 1. The van der Waals surface area contributed by atoms with Gasteiger partial charge in [-0.1, -0.05) is 18.2 Å². The number of hydrogen-bond donors (Lipinski definition) is 1. The van der Waals surface area contributed by atoms with Crippen molar-refractivity contribution in [3.05, 3.63) is 35.9 Å². The first-order valence-corrected chi connectivity index (χ1v) is 6.66. The number of pyridine rings is 1. The summed E-state index contributed by atoms with van der Waals surface area (Å²) in [4.78, 5) is 4.59. The van der Waals surface area contributed by atoms with Crippen LogP contribution in [0.4, 0.5) is 0 Å². The highest BCUT2D eigenvalue weighted by Gasteiger charge is 2.13. The summed E-state index contributed by atoms with van der Waals surface area (Å²) in [5.41, 5.74) is 1.59. The average molecular weight is 247 g/mol. The Kier molecular flexibility index (Phi) is 3.40. The molecule has 1 aromatic carbocycles. The molecule has 0 radical (unpaired) electrons. The Bertz CT molecular complexity index is 531. The Morgan fingerprint density at radius 1 is 1.29 bits per heavy atom. The lowest BCUT2D eigenvalue weighted by Gasteiger charge is -2.16. The number of aryl methyl sites for hydroxylation is 1. The first-order valence-electron chi connectivity index (χ1n) is 5.67. The van der Waals surface area contributed by atoms with Gasteiger partial charge in [0.2, 0.25) is 0 Å². The molecule has 0 saturated carbocycles. The van der Waals surface area contributed by atoms with E-state index < -0.39 is 5.60 Å². The molecule has 0 aliphatic heterocycles. The van der Waals surface area contributed by atoms with Crippen LogP contribution in [0.2, 0.25) is 0 Å². The van der Waals surface area contributed by atoms with Gasteiger partial charge in [0.05, 0.1) is 16.1 Å². The summed E-state index contributed by atoms with van der Waals surface area (Å²) in [6.07, 6.45) is 0. The molecule has 1 aromatic heterocycles. The minimum atomic E-state index is -0.661. The lowest BCUT2D eigenvalue weighted by molar-refractivity contribution is 0.107. The van der Waals surface area contributed by atoms with Gasteiger partial charge in [-0.2, -0.15) is 0 Å². The number of hydrogen-bond acceptors (Lipinski definition) is 3. The predicted octanol–water partition coefficient (Wildman–Crippen LogP) is 3.41. The third-order valence-corrected chi connectivity index (χ3v) is 3.83. The minimum absolute atomic E-state index is 0.651. The maximum atomic E-state index is 9.71. The van der Waals surface area contributed by atoms with Gasteiger partial charge >= 0.3 is 0 Å². The van der Waals surface area contributed by atoms with Crippen molar-refractivity contribution in [2.24, 2.45) is 0 Å². The number of aliphatic hydroxyl groups is 1. The van der Waals surface area contributed by atoms with Crippen LogP contribution >= 0.6 is 11.8 Å². The fraction of sp³-hybridized carbons (Fsp3) is 0.357. The Balaban J connectivity index is 2.31. The molecule has 17 heavy (non-hydrogen) atoms. The second-order valence-electron chi connectivity index (χ2n) is 4.90. The van der Waals surface area contributed by atoms with Crippen molar-refractivity contribution in [2.75, 3.05) is 5.75 Å². The summed E-state index contributed by atoms with van der Waals surface area (Å²) in [5.74, 6) is 0.651. The molecular formula is C14H17NOS. The van der Waals surface area contributed by atoms with E-state index in [0.29, 0.717) is 5.75 Å². The van der Waals surface area contributed by atoms with Gasteiger partial charge < -0.3 is 5.11 Å². The van der Waals surface area contributed by atoms with E-state index in [1.165, 1.54) is 10.9 Å². The van der Waals surface area contributed by atoms with Gasteiger partial charge in [0.25, 0.3) is 0 Å². The van der Waals surface area contributed by atoms with E-state index in [4.69, 9.17) is 0 Å². The highest BCUT2D eigenvalue weighted by molar-refractivity contribution is 7.99. The molecule has 0 spiro atoms. The number of benzene rings is 1. The molecule has 0 saturated heterocycles. The SMILES string of the molecule is Cc1cc(SCC(C)(C)O)nc2ccccc12. The third-order valence-electron chi connectivity index (χ3n) is 2.47. The van der Waals surface area contributed by atoms with Crippen LogP contribution in [0.25, 0.3) is 10.9 Å². The van der Waals surface area contributed by atoms with E-state index in [1.54, 1.807) is 11.8 Å².